The van der Waals surface area contributed by atoms with Gasteiger partial charge < -0.3 is 0 Å². The normalized spacial score (nSPS) is 10.3. The summed E-state index contributed by atoms with van der Waals surface area (Å²) in [6, 6.07) is 9.99. The van der Waals surface area contributed by atoms with Gasteiger partial charge in [-0.15, -0.1) is 11.3 Å². The van der Waals surface area contributed by atoms with Crippen LogP contribution in [0.25, 0.3) is 11.3 Å². The van der Waals surface area contributed by atoms with Gasteiger partial charge in [-0.1, -0.05) is 57.0 Å². The van der Waals surface area contributed by atoms with Gasteiger partial charge in [-0.05, 0) is 12.8 Å². The number of carbonyl (C=O) groups excluding carboxylic acids is 1. The molecule has 0 fully saturated rings. The summed E-state index contributed by atoms with van der Waals surface area (Å²) >= 11 is 1.51. The standard InChI is InChI=1S/C18H23N3OS/c1-3-8-15(9-4-2)20-21-17(22)12-18-19-16(13-23-18)14-10-6-5-7-11-14/h5-7,10-11,13H,3-4,8-9,12H2,1-2H3,(H,21,22). The van der Waals surface area contributed by atoms with E-state index in [4.69, 9.17) is 0 Å². The highest BCUT2D eigenvalue weighted by atomic mass is 32.1. The monoisotopic (exact) mass is 329 g/mol. The van der Waals surface area contributed by atoms with Gasteiger partial charge in [-0.25, -0.2) is 10.4 Å². The summed E-state index contributed by atoms with van der Waals surface area (Å²) in [5.74, 6) is -0.108. The highest BCUT2D eigenvalue weighted by molar-refractivity contribution is 7.10. The summed E-state index contributed by atoms with van der Waals surface area (Å²) < 4.78 is 0. The van der Waals surface area contributed by atoms with E-state index in [0.717, 1.165) is 47.7 Å². The largest absolute Gasteiger partial charge is 0.273 e. The Morgan fingerprint density at radius 2 is 1.87 bits per heavy atom. The average molecular weight is 329 g/mol. The van der Waals surface area contributed by atoms with Crippen LogP contribution in [-0.4, -0.2) is 16.6 Å². The van der Waals surface area contributed by atoms with E-state index in [1.807, 2.05) is 35.7 Å². The van der Waals surface area contributed by atoms with Gasteiger partial charge in [0.2, 0.25) is 5.91 Å². The van der Waals surface area contributed by atoms with Gasteiger partial charge in [-0.2, -0.15) is 5.10 Å². The van der Waals surface area contributed by atoms with Gasteiger partial charge in [0.15, 0.2) is 0 Å². The quantitative estimate of drug-likeness (QED) is 0.575. The van der Waals surface area contributed by atoms with Gasteiger partial charge in [0.25, 0.3) is 0 Å². The fourth-order valence-electron chi connectivity index (χ4n) is 2.27. The van der Waals surface area contributed by atoms with Gasteiger partial charge in [-0.3, -0.25) is 4.79 Å². The van der Waals surface area contributed by atoms with E-state index in [0.29, 0.717) is 0 Å². The number of nitrogens with one attached hydrogen (secondary N) is 1. The van der Waals surface area contributed by atoms with Crippen molar-refractivity contribution in [3.63, 3.8) is 0 Å². The van der Waals surface area contributed by atoms with Crippen molar-refractivity contribution in [2.24, 2.45) is 5.10 Å². The highest BCUT2D eigenvalue weighted by Crippen LogP contribution is 2.21. The number of amides is 1. The molecule has 0 saturated carbocycles. The molecule has 23 heavy (non-hydrogen) atoms. The lowest BCUT2D eigenvalue weighted by atomic mass is 10.1. The number of carbonyl (C=O) groups is 1. The van der Waals surface area contributed by atoms with E-state index < -0.39 is 0 Å². The molecule has 0 aliphatic rings. The molecule has 0 unspecified atom stereocenters. The molecular formula is C18H23N3OS. The molecule has 1 aromatic carbocycles. The Morgan fingerprint density at radius 3 is 2.52 bits per heavy atom. The third kappa shape index (κ3) is 5.60. The van der Waals surface area contributed by atoms with Crippen LogP contribution in [-0.2, 0) is 11.2 Å². The number of hydrogen-bond donors (Lipinski definition) is 1. The van der Waals surface area contributed by atoms with Crippen LogP contribution in [0.5, 0.6) is 0 Å². The number of hydrazone groups is 1. The second kappa shape index (κ2) is 9.20. The lowest BCUT2D eigenvalue weighted by Gasteiger charge is -2.04. The first-order valence-electron chi connectivity index (χ1n) is 8.07. The van der Waals surface area contributed by atoms with Gasteiger partial charge in [0.05, 0.1) is 12.1 Å². The molecule has 1 aromatic heterocycles. The van der Waals surface area contributed by atoms with Crippen LogP contribution >= 0.6 is 11.3 Å². The Bertz CT molecular complexity index is 641. The zero-order chi connectivity index (χ0) is 16.5. The van der Waals surface area contributed by atoms with E-state index in [9.17, 15) is 4.79 Å². The minimum Gasteiger partial charge on any atom is -0.273 e. The summed E-state index contributed by atoms with van der Waals surface area (Å²) in [6.07, 6.45) is 4.23. The van der Waals surface area contributed by atoms with Crippen molar-refractivity contribution in [1.82, 2.24) is 10.4 Å². The Balaban J connectivity index is 1.93. The second-order valence-electron chi connectivity index (χ2n) is 5.38. The molecule has 0 spiro atoms. The summed E-state index contributed by atoms with van der Waals surface area (Å²) in [4.78, 5) is 16.5. The molecular weight excluding hydrogens is 306 g/mol. The van der Waals surface area contributed by atoms with Gasteiger partial charge in [0.1, 0.15) is 5.01 Å². The molecule has 5 heteroatoms. The summed E-state index contributed by atoms with van der Waals surface area (Å²) in [6.45, 7) is 4.24. The molecule has 0 bridgehead atoms. The van der Waals surface area contributed by atoms with Crippen molar-refractivity contribution in [1.29, 1.82) is 0 Å². The maximum Gasteiger partial charge on any atom is 0.246 e. The summed E-state index contributed by atoms with van der Waals surface area (Å²) in [5, 5.41) is 7.05. The fourth-order valence-corrected chi connectivity index (χ4v) is 3.07. The molecule has 1 amide bonds. The van der Waals surface area contributed by atoms with Crippen LogP contribution < -0.4 is 5.43 Å². The first-order valence-corrected chi connectivity index (χ1v) is 8.95. The number of nitrogens with zero attached hydrogens (tertiary/aromatic N) is 2. The number of hydrogen-bond acceptors (Lipinski definition) is 4. The van der Waals surface area contributed by atoms with Crippen LogP contribution in [0.4, 0.5) is 0 Å². The lowest BCUT2D eigenvalue weighted by Crippen LogP contribution is -2.21. The van der Waals surface area contributed by atoms with Crippen molar-refractivity contribution < 1.29 is 4.79 Å². The number of aromatic nitrogens is 1. The molecule has 0 saturated heterocycles. The number of thiazole rings is 1. The first kappa shape index (κ1) is 17.3. The van der Waals surface area contributed by atoms with Crippen molar-refractivity contribution in [3.8, 4) is 11.3 Å². The van der Waals surface area contributed by atoms with Crippen LogP contribution in [0.2, 0.25) is 0 Å². The Morgan fingerprint density at radius 1 is 1.17 bits per heavy atom. The maximum atomic E-state index is 12.0. The van der Waals surface area contributed by atoms with E-state index in [2.05, 4.69) is 29.4 Å². The predicted molar refractivity (Wildman–Crippen MR) is 96.6 cm³/mol. The van der Waals surface area contributed by atoms with Crippen molar-refractivity contribution in [2.75, 3.05) is 0 Å². The third-order valence-electron chi connectivity index (χ3n) is 3.35. The summed E-state index contributed by atoms with van der Waals surface area (Å²) in [7, 11) is 0. The van der Waals surface area contributed by atoms with Gasteiger partial charge in [0, 0.05) is 16.7 Å². The summed E-state index contributed by atoms with van der Waals surface area (Å²) in [5.41, 5.74) is 5.72. The van der Waals surface area contributed by atoms with E-state index in [-0.39, 0.29) is 12.3 Å². The SMILES string of the molecule is CCCC(CCC)=NNC(=O)Cc1nc(-c2ccccc2)cs1. The van der Waals surface area contributed by atoms with Crippen molar-refractivity contribution >= 4 is 23.0 Å². The molecule has 122 valence electrons. The molecule has 1 heterocycles. The fraction of sp³-hybridized carbons (Fsp3) is 0.389. The smallest absolute Gasteiger partial charge is 0.246 e. The minimum atomic E-state index is -0.108. The van der Waals surface area contributed by atoms with Crippen LogP contribution in [0.1, 0.15) is 44.5 Å². The second-order valence-corrected chi connectivity index (χ2v) is 6.32. The zero-order valence-corrected chi connectivity index (χ0v) is 14.5. The number of rotatable bonds is 8. The highest BCUT2D eigenvalue weighted by Gasteiger charge is 2.09. The molecule has 1 N–H and O–H groups in total. The lowest BCUT2D eigenvalue weighted by molar-refractivity contribution is -0.120. The molecule has 2 rings (SSSR count). The molecule has 4 nitrogen and oxygen atoms in total. The molecule has 0 radical (unpaired) electrons. The number of benzene rings is 1. The van der Waals surface area contributed by atoms with Crippen molar-refractivity contribution in [3.05, 3.63) is 40.7 Å². The molecule has 0 aliphatic carbocycles. The predicted octanol–water partition coefficient (Wildman–Crippen LogP) is 4.43. The Hall–Kier alpha value is -2.01. The Labute approximate surface area is 141 Å². The topological polar surface area (TPSA) is 54.4 Å². The molecule has 0 atom stereocenters. The molecule has 2 aromatic rings. The van der Waals surface area contributed by atoms with Crippen molar-refractivity contribution in [2.45, 2.75) is 46.0 Å². The third-order valence-corrected chi connectivity index (χ3v) is 4.20. The van der Waals surface area contributed by atoms with Crippen LogP contribution in [0.3, 0.4) is 0 Å². The van der Waals surface area contributed by atoms with E-state index >= 15 is 0 Å². The average Bonchev–Trinajstić information content (AvgIpc) is 3.02. The van der Waals surface area contributed by atoms with E-state index in [1.54, 1.807) is 0 Å². The van der Waals surface area contributed by atoms with Crippen LogP contribution in [0.15, 0.2) is 40.8 Å². The molecule has 0 aliphatic heterocycles. The van der Waals surface area contributed by atoms with Crippen LogP contribution in [0, 0.1) is 0 Å². The first-order chi connectivity index (χ1) is 11.2. The Kier molecular flexibility index (Phi) is 6.94. The minimum absolute atomic E-state index is 0.108. The maximum absolute atomic E-state index is 12.0. The van der Waals surface area contributed by atoms with E-state index in [1.165, 1.54) is 11.3 Å². The zero-order valence-electron chi connectivity index (χ0n) is 13.7. The van der Waals surface area contributed by atoms with Gasteiger partial charge >= 0.3 is 0 Å².